The van der Waals surface area contributed by atoms with Crippen LogP contribution in [0.4, 0.5) is 0 Å². The Bertz CT molecular complexity index is 553. The fraction of sp³-hybridized carbons (Fsp3) is 0.650. The molecule has 25 heavy (non-hydrogen) atoms. The standard InChI is InChI=1S/C20H31NO4/c1-14(2)7-12-25-18-6-5-17(13-19(18)23-4)15(3)21-20(22)16-8-10-24-11-9-16/h5-6,13-16H,7-12H2,1-4H3,(H,21,22). The number of carbonyl (C=O) groups is 1. The molecule has 1 amide bonds. The van der Waals surface area contributed by atoms with Crippen molar-refractivity contribution in [3.05, 3.63) is 23.8 Å². The number of hydrogen-bond acceptors (Lipinski definition) is 4. The first-order valence-electron chi connectivity index (χ1n) is 9.20. The summed E-state index contributed by atoms with van der Waals surface area (Å²) in [6, 6.07) is 5.78. The minimum Gasteiger partial charge on any atom is -0.493 e. The Labute approximate surface area is 151 Å². The van der Waals surface area contributed by atoms with Crippen molar-refractivity contribution in [2.24, 2.45) is 11.8 Å². The van der Waals surface area contributed by atoms with E-state index in [0.717, 1.165) is 30.6 Å². The van der Waals surface area contributed by atoms with E-state index in [1.807, 2.05) is 25.1 Å². The average Bonchev–Trinajstić information content (AvgIpc) is 2.62. The van der Waals surface area contributed by atoms with Gasteiger partial charge in [-0.3, -0.25) is 4.79 Å². The van der Waals surface area contributed by atoms with Crippen LogP contribution in [0.5, 0.6) is 11.5 Å². The van der Waals surface area contributed by atoms with Crippen molar-refractivity contribution in [2.75, 3.05) is 26.9 Å². The minimum atomic E-state index is -0.0750. The highest BCUT2D eigenvalue weighted by Gasteiger charge is 2.23. The van der Waals surface area contributed by atoms with Gasteiger partial charge >= 0.3 is 0 Å². The lowest BCUT2D eigenvalue weighted by Gasteiger charge is -2.24. The predicted molar refractivity (Wildman–Crippen MR) is 98.0 cm³/mol. The number of carbonyl (C=O) groups excluding carboxylic acids is 1. The third kappa shape index (κ3) is 5.92. The van der Waals surface area contributed by atoms with Gasteiger partial charge in [0.05, 0.1) is 19.8 Å². The van der Waals surface area contributed by atoms with Gasteiger partial charge < -0.3 is 19.5 Å². The van der Waals surface area contributed by atoms with E-state index in [4.69, 9.17) is 14.2 Å². The van der Waals surface area contributed by atoms with Crippen LogP contribution < -0.4 is 14.8 Å². The number of benzene rings is 1. The number of nitrogens with one attached hydrogen (secondary N) is 1. The van der Waals surface area contributed by atoms with Crippen LogP contribution in [-0.2, 0) is 9.53 Å². The maximum atomic E-state index is 12.4. The molecule has 140 valence electrons. The lowest BCUT2D eigenvalue weighted by atomic mass is 9.98. The van der Waals surface area contributed by atoms with Gasteiger partial charge in [-0.1, -0.05) is 19.9 Å². The maximum Gasteiger partial charge on any atom is 0.223 e. The Kier molecular flexibility index (Phi) is 7.56. The predicted octanol–water partition coefficient (Wildman–Crippen LogP) is 3.72. The first-order chi connectivity index (χ1) is 12.0. The molecule has 0 saturated carbocycles. The van der Waals surface area contributed by atoms with Crippen LogP contribution in [0.1, 0.15) is 51.6 Å². The molecular weight excluding hydrogens is 318 g/mol. The summed E-state index contributed by atoms with van der Waals surface area (Å²) in [6.07, 6.45) is 2.59. The van der Waals surface area contributed by atoms with Crippen molar-refractivity contribution in [2.45, 2.75) is 46.1 Å². The molecule has 1 unspecified atom stereocenters. The van der Waals surface area contributed by atoms with Crippen LogP contribution in [0.15, 0.2) is 18.2 Å². The van der Waals surface area contributed by atoms with Gasteiger partial charge in [-0.2, -0.15) is 0 Å². The Morgan fingerprint density at radius 1 is 1.24 bits per heavy atom. The van der Waals surface area contributed by atoms with Gasteiger partial charge in [-0.15, -0.1) is 0 Å². The molecule has 5 nitrogen and oxygen atoms in total. The first-order valence-corrected chi connectivity index (χ1v) is 9.20. The quantitative estimate of drug-likeness (QED) is 0.777. The second-order valence-electron chi connectivity index (χ2n) is 7.06. The van der Waals surface area contributed by atoms with Crippen molar-refractivity contribution < 1.29 is 19.0 Å². The molecule has 1 aromatic carbocycles. The third-order valence-corrected chi connectivity index (χ3v) is 4.59. The Morgan fingerprint density at radius 3 is 2.60 bits per heavy atom. The number of rotatable bonds is 8. The highest BCUT2D eigenvalue weighted by Crippen LogP contribution is 2.31. The first kappa shape index (κ1) is 19.6. The number of methoxy groups -OCH3 is 1. The molecule has 1 fully saturated rings. The van der Waals surface area contributed by atoms with Crippen molar-refractivity contribution in [3.8, 4) is 11.5 Å². The largest absolute Gasteiger partial charge is 0.493 e. The number of ether oxygens (including phenoxy) is 3. The SMILES string of the molecule is COc1cc(C(C)NC(=O)C2CCOCC2)ccc1OCCC(C)C. The van der Waals surface area contributed by atoms with Gasteiger partial charge in [0.2, 0.25) is 5.91 Å². The summed E-state index contributed by atoms with van der Waals surface area (Å²) in [5.41, 5.74) is 1.01. The van der Waals surface area contributed by atoms with Gasteiger partial charge in [0.1, 0.15) is 0 Å². The second kappa shape index (κ2) is 9.66. The van der Waals surface area contributed by atoms with E-state index in [-0.39, 0.29) is 17.9 Å². The van der Waals surface area contributed by atoms with E-state index in [1.165, 1.54) is 0 Å². The Hall–Kier alpha value is -1.75. The molecule has 1 saturated heterocycles. The number of hydrogen-bond donors (Lipinski definition) is 1. The maximum absolute atomic E-state index is 12.4. The van der Waals surface area contributed by atoms with Gasteiger partial charge in [-0.25, -0.2) is 0 Å². The topological polar surface area (TPSA) is 56.8 Å². The zero-order valence-electron chi connectivity index (χ0n) is 15.8. The molecule has 1 aromatic rings. The summed E-state index contributed by atoms with van der Waals surface area (Å²) in [6.45, 7) is 8.35. The Balaban J connectivity index is 1.96. The summed E-state index contributed by atoms with van der Waals surface area (Å²) < 4.78 is 16.6. The van der Waals surface area contributed by atoms with Crippen LogP contribution >= 0.6 is 0 Å². The van der Waals surface area contributed by atoms with Gasteiger partial charge in [0.25, 0.3) is 0 Å². The Morgan fingerprint density at radius 2 is 1.96 bits per heavy atom. The molecule has 1 atom stereocenters. The minimum absolute atomic E-state index is 0.0525. The van der Waals surface area contributed by atoms with E-state index < -0.39 is 0 Å². The molecule has 5 heteroatoms. The molecule has 0 spiro atoms. The van der Waals surface area contributed by atoms with Crippen LogP contribution in [0.25, 0.3) is 0 Å². The summed E-state index contributed by atoms with van der Waals surface area (Å²) in [5, 5.41) is 3.10. The smallest absolute Gasteiger partial charge is 0.223 e. The normalized spacial score (nSPS) is 16.5. The van der Waals surface area contributed by atoms with Gasteiger partial charge in [0, 0.05) is 19.1 Å². The van der Waals surface area contributed by atoms with E-state index in [1.54, 1.807) is 7.11 Å². The second-order valence-corrected chi connectivity index (χ2v) is 7.06. The summed E-state index contributed by atoms with van der Waals surface area (Å²) in [5.74, 6) is 2.21. The van der Waals surface area contributed by atoms with Crippen molar-refractivity contribution in [1.29, 1.82) is 0 Å². The van der Waals surface area contributed by atoms with E-state index >= 15 is 0 Å². The van der Waals surface area contributed by atoms with Gasteiger partial charge in [0.15, 0.2) is 11.5 Å². The summed E-state index contributed by atoms with van der Waals surface area (Å²) in [7, 11) is 1.64. The highest BCUT2D eigenvalue weighted by atomic mass is 16.5. The fourth-order valence-corrected chi connectivity index (χ4v) is 2.85. The molecule has 0 aromatic heterocycles. The molecule has 2 rings (SSSR count). The number of amides is 1. The van der Waals surface area contributed by atoms with Crippen LogP contribution in [0, 0.1) is 11.8 Å². The van der Waals surface area contributed by atoms with Crippen LogP contribution in [0.2, 0.25) is 0 Å². The molecule has 1 aliphatic rings. The average molecular weight is 349 g/mol. The third-order valence-electron chi connectivity index (χ3n) is 4.59. The molecular formula is C20H31NO4. The lowest BCUT2D eigenvalue weighted by Crippen LogP contribution is -2.35. The molecule has 0 aliphatic carbocycles. The fourth-order valence-electron chi connectivity index (χ4n) is 2.85. The van der Waals surface area contributed by atoms with Crippen molar-refractivity contribution in [3.63, 3.8) is 0 Å². The molecule has 0 radical (unpaired) electrons. The van der Waals surface area contributed by atoms with Crippen LogP contribution in [0.3, 0.4) is 0 Å². The van der Waals surface area contributed by atoms with Gasteiger partial charge in [-0.05, 0) is 49.8 Å². The van der Waals surface area contributed by atoms with E-state index in [9.17, 15) is 4.79 Å². The zero-order chi connectivity index (χ0) is 18.2. The zero-order valence-corrected chi connectivity index (χ0v) is 15.8. The summed E-state index contributed by atoms with van der Waals surface area (Å²) >= 11 is 0. The monoisotopic (exact) mass is 349 g/mol. The van der Waals surface area contributed by atoms with Crippen molar-refractivity contribution >= 4 is 5.91 Å². The molecule has 1 N–H and O–H groups in total. The molecule has 1 heterocycles. The molecule has 1 aliphatic heterocycles. The van der Waals surface area contributed by atoms with Crippen LogP contribution in [-0.4, -0.2) is 32.8 Å². The van der Waals surface area contributed by atoms with Crippen molar-refractivity contribution in [1.82, 2.24) is 5.32 Å². The molecule has 0 bridgehead atoms. The van der Waals surface area contributed by atoms with E-state index in [2.05, 4.69) is 19.2 Å². The highest BCUT2D eigenvalue weighted by molar-refractivity contribution is 5.79. The summed E-state index contributed by atoms with van der Waals surface area (Å²) in [4.78, 5) is 12.4. The van der Waals surface area contributed by atoms with E-state index in [0.29, 0.717) is 31.5 Å². The lowest BCUT2D eigenvalue weighted by molar-refractivity contribution is -0.128.